The van der Waals surface area contributed by atoms with Crippen LogP contribution >= 0.6 is 0 Å². The maximum atomic E-state index is 13.0. The van der Waals surface area contributed by atoms with E-state index in [0.717, 1.165) is 37.2 Å². The van der Waals surface area contributed by atoms with E-state index in [9.17, 15) is 13.6 Å². The van der Waals surface area contributed by atoms with Crippen LogP contribution in [0.5, 0.6) is 0 Å². The van der Waals surface area contributed by atoms with Gasteiger partial charge in [-0.05, 0) is 31.5 Å². The molecule has 0 aliphatic carbocycles. The van der Waals surface area contributed by atoms with E-state index in [2.05, 4.69) is 35.0 Å². The van der Waals surface area contributed by atoms with Gasteiger partial charge in [0, 0.05) is 45.1 Å². The number of amides is 1. The van der Waals surface area contributed by atoms with Crippen molar-refractivity contribution in [3.63, 3.8) is 0 Å². The standard InChI is InChI=1S/C21H29F2N5O/c1-17-6-3-4-7-18(17)14-26-9-5-10-27(13-12-26)20(29)16-25(2)15-19-24-8-11-28(19)21(22)23/h3-4,6-8,11,21H,5,9-10,12-16H2,1-2H3. The number of aryl methyl sites for hydroxylation is 1. The summed E-state index contributed by atoms with van der Waals surface area (Å²) in [7, 11) is 1.75. The van der Waals surface area contributed by atoms with Gasteiger partial charge in [0.15, 0.2) is 0 Å². The zero-order valence-electron chi connectivity index (χ0n) is 17.1. The molecule has 0 atom stereocenters. The minimum atomic E-state index is -2.62. The van der Waals surface area contributed by atoms with Crippen molar-refractivity contribution in [2.45, 2.75) is 33.0 Å². The molecule has 0 saturated carbocycles. The second-order valence-corrected chi connectivity index (χ2v) is 7.64. The molecule has 6 nitrogen and oxygen atoms in total. The largest absolute Gasteiger partial charge is 0.340 e. The van der Waals surface area contributed by atoms with Crippen LogP contribution in [0.25, 0.3) is 0 Å². The molecular formula is C21H29F2N5O. The summed E-state index contributed by atoms with van der Waals surface area (Å²) in [6.07, 6.45) is 3.54. The van der Waals surface area contributed by atoms with E-state index in [-0.39, 0.29) is 24.8 Å². The van der Waals surface area contributed by atoms with Crippen LogP contribution < -0.4 is 0 Å². The first-order chi connectivity index (χ1) is 13.9. The first kappa shape index (κ1) is 21.4. The number of carbonyl (C=O) groups is 1. The Hall–Kier alpha value is -2.32. The summed E-state index contributed by atoms with van der Waals surface area (Å²) >= 11 is 0. The maximum Gasteiger partial charge on any atom is 0.319 e. The second-order valence-electron chi connectivity index (χ2n) is 7.64. The Balaban J connectivity index is 1.50. The third kappa shape index (κ3) is 5.83. The van der Waals surface area contributed by atoms with Crippen LogP contribution in [0.15, 0.2) is 36.7 Å². The number of aromatic nitrogens is 2. The molecule has 1 aliphatic heterocycles. The van der Waals surface area contributed by atoms with Crippen molar-refractivity contribution >= 4 is 5.91 Å². The Bertz CT molecular complexity index is 810. The van der Waals surface area contributed by atoms with Crippen molar-refractivity contribution in [3.8, 4) is 0 Å². The minimum Gasteiger partial charge on any atom is -0.340 e. The molecule has 8 heteroatoms. The topological polar surface area (TPSA) is 44.6 Å². The van der Waals surface area contributed by atoms with Crippen molar-refractivity contribution in [3.05, 3.63) is 53.6 Å². The van der Waals surface area contributed by atoms with Crippen LogP contribution in [0.1, 0.15) is 29.9 Å². The first-order valence-corrected chi connectivity index (χ1v) is 9.97. The van der Waals surface area contributed by atoms with Gasteiger partial charge in [-0.2, -0.15) is 8.78 Å². The fraction of sp³-hybridized carbons (Fsp3) is 0.524. The molecule has 0 bridgehead atoms. The number of carbonyl (C=O) groups excluding carboxylic acids is 1. The van der Waals surface area contributed by atoms with E-state index in [1.807, 2.05) is 11.0 Å². The molecule has 1 aromatic carbocycles. The smallest absolute Gasteiger partial charge is 0.319 e. The quantitative estimate of drug-likeness (QED) is 0.711. The number of hydrogen-bond acceptors (Lipinski definition) is 4. The van der Waals surface area contributed by atoms with Crippen molar-refractivity contribution < 1.29 is 13.6 Å². The predicted octanol–water partition coefficient (Wildman–Crippen LogP) is 2.75. The highest BCUT2D eigenvalue weighted by molar-refractivity contribution is 5.78. The Morgan fingerprint density at radius 1 is 1.21 bits per heavy atom. The molecular weight excluding hydrogens is 376 g/mol. The summed E-state index contributed by atoms with van der Waals surface area (Å²) in [6.45, 7) is 3.99. The van der Waals surface area contributed by atoms with E-state index >= 15 is 0 Å². The van der Waals surface area contributed by atoms with Crippen LogP contribution in [-0.2, 0) is 17.9 Å². The van der Waals surface area contributed by atoms with Crippen molar-refractivity contribution in [2.24, 2.45) is 0 Å². The fourth-order valence-corrected chi connectivity index (χ4v) is 3.68. The summed E-state index contributed by atoms with van der Waals surface area (Å²) in [5.41, 5.74) is 2.61. The van der Waals surface area contributed by atoms with Gasteiger partial charge in [0.05, 0.1) is 13.1 Å². The summed E-state index contributed by atoms with van der Waals surface area (Å²) in [6, 6.07) is 8.39. The zero-order chi connectivity index (χ0) is 20.8. The maximum absolute atomic E-state index is 13.0. The summed E-state index contributed by atoms with van der Waals surface area (Å²) in [5, 5.41) is 0. The lowest BCUT2D eigenvalue weighted by atomic mass is 10.1. The molecule has 1 amide bonds. The van der Waals surface area contributed by atoms with Crippen molar-refractivity contribution in [2.75, 3.05) is 39.8 Å². The van der Waals surface area contributed by atoms with E-state index in [0.29, 0.717) is 6.54 Å². The number of halogens is 2. The fourth-order valence-electron chi connectivity index (χ4n) is 3.68. The number of benzene rings is 1. The van der Waals surface area contributed by atoms with Crippen LogP contribution in [0.4, 0.5) is 8.78 Å². The summed E-state index contributed by atoms with van der Waals surface area (Å²) in [4.78, 5) is 22.7. The number of imidazole rings is 1. The predicted molar refractivity (Wildman–Crippen MR) is 107 cm³/mol. The lowest BCUT2D eigenvalue weighted by Crippen LogP contribution is -2.41. The van der Waals surface area contributed by atoms with Gasteiger partial charge >= 0.3 is 6.55 Å². The molecule has 29 heavy (non-hydrogen) atoms. The number of alkyl halides is 2. The minimum absolute atomic E-state index is 0.0281. The van der Waals surface area contributed by atoms with E-state index in [1.165, 1.54) is 23.5 Å². The highest BCUT2D eigenvalue weighted by atomic mass is 19.3. The molecule has 0 radical (unpaired) electrons. The molecule has 1 fully saturated rings. The Kier molecular flexibility index (Phi) is 7.33. The normalized spacial score (nSPS) is 15.9. The molecule has 0 unspecified atom stereocenters. The average molecular weight is 405 g/mol. The Morgan fingerprint density at radius 3 is 2.76 bits per heavy atom. The Labute approximate surface area is 170 Å². The molecule has 1 aliphatic rings. The summed E-state index contributed by atoms with van der Waals surface area (Å²) in [5.74, 6) is 0.288. The first-order valence-electron chi connectivity index (χ1n) is 9.97. The molecule has 0 spiro atoms. The van der Waals surface area contributed by atoms with E-state index in [1.54, 1.807) is 11.9 Å². The molecule has 3 rings (SSSR count). The van der Waals surface area contributed by atoms with Crippen LogP contribution in [0.3, 0.4) is 0 Å². The molecule has 2 heterocycles. The third-order valence-corrected chi connectivity index (χ3v) is 5.37. The van der Waals surface area contributed by atoms with E-state index < -0.39 is 6.55 Å². The van der Waals surface area contributed by atoms with Gasteiger partial charge in [-0.3, -0.25) is 19.2 Å². The second kappa shape index (κ2) is 9.93. The monoisotopic (exact) mass is 405 g/mol. The van der Waals surface area contributed by atoms with Gasteiger partial charge in [-0.1, -0.05) is 24.3 Å². The Morgan fingerprint density at radius 2 is 2.00 bits per heavy atom. The lowest BCUT2D eigenvalue weighted by molar-refractivity contribution is -0.132. The molecule has 2 aromatic rings. The van der Waals surface area contributed by atoms with E-state index in [4.69, 9.17) is 0 Å². The van der Waals surface area contributed by atoms with Crippen molar-refractivity contribution in [1.82, 2.24) is 24.3 Å². The highest BCUT2D eigenvalue weighted by Gasteiger charge is 2.21. The molecule has 0 N–H and O–H groups in total. The van der Waals surface area contributed by atoms with Gasteiger partial charge < -0.3 is 4.90 Å². The summed E-state index contributed by atoms with van der Waals surface area (Å²) < 4.78 is 26.7. The number of hydrogen-bond donors (Lipinski definition) is 0. The number of likely N-dealkylation sites (N-methyl/N-ethyl adjacent to an activating group) is 1. The zero-order valence-corrected chi connectivity index (χ0v) is 17.1. The SMILES string of the molecule is Cc1ccccc1CN1CCCN(C(=O)CN(C)Cc2nccn2C(F)F)CC1. The van der Waals surface area contributed by atoms with Crippen LogP contribution in [0, 0.1) is 6.92 Å². The number of nitrogens with zero attached hydrogens (tertiary/aromatic N) is 5. The molecule has 1 saturated heterocycles. The van der Waals surface area contributed by atoms with Gasteiger partial charge in [-0.15, -0.1) is 0 Å². The number of rotatable bonds is 7. The van der Waals surface area contributed by atoms with Gasteiger partial charge in [-0.25, -0.2) is 4.98 Å². The highest BCUT2D eigenvalue weighted by Crippen LogP contribution is 2.15. The lowest BCUT2D eigenvalue weighted by Gasteiger charge is -2.25. The van der Waals surface area contributed by atoms with Gasteiger partial charge in [0.25, 0.3) is 0 Å². The van der Waals surface area contributed by atoms with Crippen LogP contribution in [0.2, 0.25) is 0 Å². The van der Waals surface area contributed by atoms with Crippen LogP contribution in [-0.4, -0.2) is 69.9 Å². The molecule has 158 valence electrons. The molecule has 1 aromatic heterocycles. The van der Waals surface area contributed by atoms with Gasteiger partial charge in [0.2, 0.25) is 5.91 Å². The third-order valence-electron chi connectivity index (χ3n) is 5.37. The van der Waals surface area contributed by atoms with Crippen molar-refractivity contribution in [1.29, 1.82) is 0 Å². The van der Waals surface area contributed by atoms with Gasteiger partial charge in [0.1, 0.15) is 5.82 Å². The average Bonchev–Trinajstić information content (AvgIpc) is 3.01.